The summed E-state index contributed by atoms with van der Waals surface area (Å²) < 4.78 is 13.4. The lowest BCUT2D eigenvalue weighted by Gasteiger charge is -2.21. The van der Waals surface area contributed by atoms with Crippen LogP contribution in [-0.2, 0) is 12.8 Å². The van der Waals surface area contributed by atoms with Crippen molar-refractivity contribution in [3.8, 4) is 17.0 Å². The summed E-state index contributed by atoms with van der Waals surface area (Å²) in [5.41, 5.74) is 3.69. The van der Waals surface area contributed by atoms with Crippen LogP contribution in [-0.4, -0.2) is 45.9 Å². The summed E-state index contributed by atoms with van der Waals surface area (Å²) in [6.07, 6.45) is 5.47. The van der Waals surface area contributed by atoms with Gasteiger partial charge >= 0.3 is 6.03 Å². The number of aromatic amines is 1. The van der Waals surface area contributed by atoms with Gasteiger partial charge in [0.15, 0.2) is 0 Å². The van der Waals surface area contributed by atoms with Crippen LogP contribution in [0.3, 0.4) is 0 Å². The maximum atomic E-state index is 13.4. The van der Waals surface area contributed by atoms with E-state index >= 15 is 0 Å². The molecular weight excluding hydrogens is 419 g/mol. The molecule has 1 aromatic heterocycles. The number of hydrogen-bond donors (Lipinski definition) is 3. The fourth-order valence-corrected chi connectivity index (χ4v) is 3.67. The van der Waals surface area contributed by atoms with Gasteiger partial charge in [0.1, 0.15) is 11.6 Å². The Balaban J connectivity index is 1.30. The van der Waals surface area contributed by atoms with Gasteiger partial charge in [0, 0.05) is 30.9 Å². The Morgan fingerprint density at radius 1 is 1.12 bits per heavy atom. The first-order chi connectivity index (χ1) is 15.9. The van der Waals surface area contributed by atoms with Gasteiger partial charge in [-0.15, -0.1) is 0 Å². The van der Waals surface area contributed by atoms with E-state index in [0.717, 1.165) is 61.0 Å². The van der Waals surface area contributed by atoms with Crippen molar-refractivity contribution in [1.82, 2.24) is 20.4 Å². The van der Waals surface area contributed by atoms with Gasteiger partial charge in [-0.1, -0.05) is 30.7 Å². The van der Waals surface area contributed by atoms with Gasteiger partial charge in [0.25, 0.3) is 0 Å². The third-order valence-corrected chi connectivity index (χ3v) is 5.71. The van der Waals surface area contributed by atoms with Crippen LogP contribution in [0.5, 0.6) is 5.75 Å². The summed E-state index contributed by atoms with van der Waals surface area (Å²) in [7, 11) is 1.82. The number of phenolic OH excluding ortho intramolecular Hbond substituents is 1. The number of urea groups is 1. The molecule has 0 fully saturated rings. The van der Waals surface area contributed by atoms with E-state index in [9.17, 15) is 14.3 Å². The zero-order valence-electron chi connectivity index (χ0n) is 19.4. The second kappa shape index (κ2) is 12.0. The first-order valence-corrected chi connectivity index (χ1v) is 11.5. The lowest BCUT2D eigenvalue weighted by atomic mass is 10.1. The average molecular weight is 453 g/mol. The Bertz CT molecular complexity index is 1020. The normalized spacial score (nSPS) is 11.8. The number of unbranched alkanes of at least 4 members (excludes halogenated alkanes) is 2. The third kappa shape index (κ3) is 7.93. The number of aromatic hydroxyl groups is 1. The van der Waals surface area contributed by atoms with E-state index < -0.39 is 0 Å². The molecule has 1 heterocycles. The molecule has 3 rings (SSSR count). The molecule has 1 unspecified atom stereocenters. The van der Waals surface area contributed by atoms with E-state index in [4.69, 9.17) is 0 Å². The third-order valence-electron chi connectivity index (χ3n) is 5.71. The zero-order valence-corrected chi connectivity index (χ0v) is 19.4. The van der Waals surface area contributed by atoms with Crippen LogP contribution >= 0.6 is 0 Å². The minimum absolute atomic E-state index is 0.0542. The number of phenols is 1. The summed E-state index contributed by atoms with van der Waals surface area (Å²) in [6, 6.07) is 15.6. The van der Waals surface area contributed by atoms with Gasteiger partial charge < -0.3 is 15.3 Å². The van der Waals surface area contributed by atoms with Crippen LogP contribution < -0.4 is 5.32 Å². The van der Waals surface area contributed by atoms with Crippen LogP contribution in [0.25, 0.3) is 11.3 Å². The maximum Gasteiger partial charge on any atom is 0.317 e. The highest BCUT2D eigenvalue weighted by atomic mass is 19.1. The first-order valence-electron chi connectivity index (χ1n) is 11.5. The Morgan fingerprint density at radius 2 is 1.91 bits per heavy atom. The Morgan fingerprint density at radius 3 is 2.67 bits per heavy atom. The topological polar surface area (TPSA) is 81.2 Å². The lowest BCUT2D eigenvalue weighted by molar-refractivity contribution is 0.204. The van der Waals surface area contributed by atoms with Crippen molar-refractivity contribution in [1.29, 1.82) is 0 Å². The van der Waals surface area contributed by atoms with Crippen LogP contribution in [0.1, 0.15) is 43.9 Å². The number of benzene rings is 2. The van der Waals surface area contributed by atoms with Crippen molar-refractivity contribution >= 4 is 6.03 Å². The number of rotatable bonds is 11. The molecule has 0 aliphatic rings. The molecule has 0 saturated heterocycles. The monoisotopic (exact) mass is 452 g/mol. The fourth-order valence-electron chi connectivity index (χ4n) is 3.67. The number of nitrogens with zero attached hydrogens (tertiary/aromatic N) is 2. The second-order valence-corrected chi connectivity index (χ2v) is 8.58. The van der Waals surface area contributed by atoms with Gasteiger partial charge in [0.2, 0.25) is 0 Å². The number of carbonyl (C=O) groups is 1. The van der Waals surface area contributed by atoms with Crippen molar-refractivity contribution in [2.24, 2.45) is 0 Å². The number of amides is 2. The predicted octanol–water partition coefficient (Wildman–Crippen LogP) is 5.30. The van der Waals surface area contributed by atoms with Crippen LogP contribution in [0.2, 0.25) is 0 Å². The van der Waals surface area contributed by atoms with Crippen LogP contribution in [0, 0.1) is 5.82 Å². The fraction of sp³-hybridized carbons (Fsp3) is 0.385. The maximum absolute atomic E-state index is 13.4. The highest BCUT2D eigenvalue weighted by molar-refractivity contribution is 5.74. The molecule has 0 saturated carbocycles. The molecule has 176 valence electrons. The average Bonchev–Trinajstić information content (AvgIpc) is 3.27. The van der Waals surface area contributed by atoms with Crippen molar-refractivity contribution in [2.45, 2.75) is 51.5 Å². The van der Waals surface area contributed by atoms with Crippen LogP contribution in [0.15, 0.2) is 54.6 Å². The highest BCUT2D eigenvalue weighted by Gasteiger charge is 2.12. The number of aromatic nitrogens is 2. The SMILES string of the molecule is CC(CCc1ccc(O)cc1)NC(=O)N(C)CCCCCc1cc(-c2cccc(F)c2)n[nH]1. The first kappa shape index (κ1) is 24.3. The quantitative estimate of drug-likeness (QED) is 0.346. The van der Waals surface area contributed by atoms with E-state index in [-0.39, 0.29) is 23.6 Å². The van der Waals surface area contributed by atoms with E-state index in [0.29, 0.717) is 6.54 Å². The molecule has 0 bridgehead atoms. The van der Waals surface area contributed by atoms with E-state index in [1.165, 1.54) is 12.1 Å². The molecule has 7 heteroatoms. The van der Waals surface area contributed by atoms with E-state index in [1.807, 2.05) is 38.2 Å². The highest BCUT2D eigenvalue weighted by Crippen LogP contribution is 2.19. The minimum atomic E-state index is -0.267. The molecule has 3 aromatic rings. The number of H-pyrrole nitrogens is 1. The van der Waals surface area contributed by atoms with Gasteiger partial charge in [-0.3, -0.25) is 5.10 Å². The van der Waals surface area contributed by atoms with Crippen molar-refractivity contribution in [3.63, 3.8) is 0 Å². The molecule has 1 atom stereocenters. The van der Waals surface area contributed by atoms with Crippen molar-refractivity contribution in [2.75, 3.05) is 13.6 Å². The predicted molar refractivity (Wildman–Crippen MR) is 129 cm³/mol. The number of nitrogens with one attached hydrogen (secondary N) is 2. The standard InChI is InChI=1S/C26H33FN4O2/c1-19(10-11-20-12-14-24(32)15-13-20)28-26(33)31(2)16-5-3-4-9-23-18-25(30-29-23)21-7-6-8-22(27)17-21/h6-8,12-15,17-19,32H,3-5,9-11,16H2,1-2H3,(H,28,33)(H,29,30). The number of hydrogen-bond acceptors (Lipinski definition) is 3. The summed E-state index contributed by atoms with van der Waals surface area (Å²) >= 11 is 0. The Kier molecular flexibility index (Phi) is 8.87. The Hall–Kier alpha value is -3.35. The molecule has 2 amide bonds. The molecule has 33 heavy (non-hydrogen) atoms. The summed E-state index contributed by atoms with van der Waals surface area (Å²) in [5, 5.41) is 19.7. The number of halogens is 1. The Labute approximate surface area is 194 Å². The van der Waals surface area contributed by atoms with Gasteiger partial charge in [0.05, 0.1) is 5.69 Å². The smallest absolute Gasteiger partial charge is 0.317 e. The molecule has 0 aliphatic carbocycles. The minimum Gasteiger partial charge on any atom is -0.508 e. The molecule has 6 nitrogen and oxygen atoms in total. The molecule has 0 spiro atoms. The summed E-state index contributed by atoms with van der Waals surface area (Å²) in [6.45, 7) is 2.71. The lowest BCUT2D eigenvalue weighted by Crippen LogP contribution is -2.42. The molecule has 0 radical (unpaired) electrons. The van der Waals surface area contributed by atoms with Crippen molar-refractivity contribution < 1.29 is 14.3 Å². The molecule has 2 aromatic carbocycles. The van der Waals surface area contributed by atoms with Crippen molar-refractivity contribution in [3.05, 3.63) is 71.7 Å². The second-order valence-electron chi connectivity index (χ2n) is 8.58. The summed E-state index contributed by atoms with van der Waals surface area (Å²) in [4.78, 5) is 14.1. The molecule has 0 aliphatic heterocycles. The number of aryl methyl sites for hydroxylation is 2. The summed E-state index contributed by atoms with van der Waals surface area (Å²) in [5.74, 6) is -0.00292. The van der Waals surface area contributed by atoms with Gasteiger partial charge in [-0.05, 0) is 74.9 Å². The largest absolute Gasteiger partial charge is 0.508 e. The zero-order chi connectivity index (χ0) is 23.6. The van der Waals surface area contributed by atoms with E-state index in [1.54, 1.807) is 23.1 Å². The molecular formula is C26H33FN4O2. The number of carbonyl (C=O) groups excluding carboxylic acids is 1. The van der Waals surface area contributed by atoms with E-state index in [2.05, 4.69) is 15.5 Å². The van der Waals surface area contributed by atoms with Crippen LogP contribution in [0.4, 0.5) is 9.18 Å². The van der Waals surface area contributed by atoms with Gasteiger partial charge in [-0.2, -0.15) is 5.10 Å². The molecule has 3 N–H and O–H groups in total. The van der Waals surface area contributed by atoms with Gasteiger partial charge in [-0.25, -0.2) is 9.18 Å².